The van der Waals surface area contributed by atoms with Crippen LogP contribution in [0.5, 0.6) is 0 Å². The molecule has 0 atom stereocenters. The second kappa shape index (κ2) is 4.50. The van der Waals surface area contributed by atoms with Crippen LogP contribution < -0.4 is 0 Å². The standard InChI is InChI=1S/C11H18OS/c12-11(9-4-3-5-9)8-13-10-6-1-2-7-10/h9-10H,1-8H2. The monoisotopic (exact) mass is 198 g/mol. The molecule has 0 amide bonds. The van der Waals surface area contributed by atoms with Gasteiger partial charge in [0.2, 0.25) is 0 Å². The summed E-state index contributed by atoms with van der Waals surface area (Å²) in [6.07, 6.45) is 9.09. The maximum Gasteiger partial charge on any atom is 0.145 e. The average Bonchev–Trinajstić information content (AvgIpc) is 2.49. The summed E-state index contributed by atoms with van der Waals surface area (Å²) in [6, 6.07) is 0. The molecule has 0 aliphatic heterocycles. The summed E-state index contributed by atoms with van der Waals surface area (Å²) >= 11 is 1.92. The van der Waals surface area contributed by atoms with E-state index in [2.05, 4.69) is 0 Å². The quantitative estimate of drug-likeness (QED) is 0.690. The molecule has 0 spiro atoms. The van der Waals surface area contributed by atoms with Gasteiger partial charge in [0.1, 0.15) is 5.78 Å². The Morgan fingerprint density at radius 1 is 1.08 bits per heavy atom. The van der Waals surface area contributed by atoms with E-state index in [9.17, 15) is 4.79 Å². The van der Waals surface area contributed by atoms with Crippen molar-refractivity contribution < 1.29 is 4.79 Å². The Morgan fingerprint density at radius 2 is 1.77 bits per heavy atom. The van der Waals surface area contributed by atoms with Crippen LogP contribution in [-0.4, -0.2) is 16.8 Å². The lowest BCUT2D eigenvalue weighted by Crippen LogP contribution is -2.24. The molecule has 0 aromatic rings. The molecule has 0 bridgehead atoms. The topological polar surface area (TPSA) is 17.1 Å². The first-order valence-electron chi connectivity index (χ1n) is 5.50. The van der Waals surface area contributed by atoms with Gasteiger partial charge in [0, 0.05) is 11.2 Å². The van der Waals surface area contributed by atoms with E-state index in [4.69, 9.17) is 0 Å². The summed E-state index contributed by atoms with van der Waals surface area (Å²) in [5.74, 6) is 1.78. The Balaban J connectivity index is 1.63. The third-order valence-electron chi connectivity index (χ3n) is 3.32. The number of hydrogen-bond donors (Lipinski definition) is 0. The van der Waals surface area contributed by atoms with Crippen molar-refractivity contribution >= 4 is 17.5 Å². The van der Waals surface area contributed by atoms with Crippen molar-refractivity contribution in [2.24, 2.45) is 5.92 Å². The molecule has 2 fully saturated rings. The molecular weight excluding hydrogens is 180 g/mol. The van der Waals surface area contributed by atoms with Crippen LogP contribution >= 0.6 is 11.8 Å². The number of ketones is 1. The van der Waals surface area contributed by atoms with Crippen molar-refractivity contribution in [3.63, 3.8) is 0 Å². The molecule has 0 N–H and O–H groups in total. The fraction of sp³-hybridized carbons (Fsp3) is 0.909. The highest BCUT2D eigenvalue weighted by Gasteiger charge is 2.26. The van der Waals surface area contributed by atoms with E-state index in [1.54, 1.807) is 0 Å². The van der Waals surface area contributed by atoms with Crippen molar-refractivity contribution in [1.29, 1.82) is 0 Å². The molecule has 0 aromatic carbocycles. The molecule has 2 saturated carbocycles. The molecule has 0 saturated heterocycles. The number of hydrogen-bond acceptors (Lipinski definition) is 2. The predicted octanol–water partition coefficient (Wildman–Crippen LogP) is 3.03. The molecule has 2 aliphatic rings. The summed E-state index contributed by atoms with van der Waals surface area (Å²) in [5.41, 5.74) is 0. The van der Waals surface area contributed by atoms with E-state index in [1.165, 1.54) is 44.9 Å². The maximum atomic E-state index is 11.6. The van der Waals surface area contributed by atoms with Crippen molar-refractivity contribution in [3.05, 3.63) is 0 Å². The van der Waals surface area contributed by atoms with Crippen LogP contribution in [0.2, 0.25) is 0 Å². The third kappa shape index (κ3) is 2.49. The maximum absolute atomic E-state index is 11.6. The Kier molecular flexibility index (Phi) is 3.31. The first-order valence-corrected chi connectivity index (χ1v) is 6.55. The number of carbonyl (C=O) groups is 1. The molecule has 2 heteroatoms. The zero-order valence-corrected chi connectivity index (χ0v) is 8.94. The molecule has 13 heavy (non-hydrogen) atoms. The van der Waals surface area contributed by atoms with Crippen LogP contribution in [0, 0.1) is 5.92 Å². The average molecular weight is 198 g/mol. The van der Waals surface area contributed by atoms with Crippen LogP contribution in [-0.2, 0) is 4.79 Å². The smallest absolute Gasteiger partial charge is 0.145 e. The van der Waals surface area contributed by atoms with Gasteiger partial charge < -0.3 is 0 Å². The SMILES string of the molecule is O=C(CSC1CCCC1)C1CCC1. The highest BCUT2D eigenvalue weighted by atomic mass is 32.2. The zero-order valence-electron chi connectivity index (χ0n) is 8.13. The highest BCUT2D eigenvalue weighted by Crippen LogP contribution is 2.32. The van der Waals surface area contributed by atoms with Crippen LogP contribution in [0.3, 0.4) is 0 Å². The van der Waals surface area contributed by atoms with Crippen LogP contribution in [0.1, 0.15) is 44.9 Å². The highest BCUT2D eigenvalue weighted by molar-refractivity contribution is 8.00. The molecule has 0 aromatic heterocycles. The Hall–Kier alpha value is 0.0200. The van der Waals surface area contributed by atoms with E-state index >= 15 is 0 Å². The lowest BCUT2D eigenvalue weighted by atomic mass is 9.83. The van der Waals surface area contributed by atoms with Crippen molar-refractivity contribution in [2.75, 3.05) is 5.75 Å². The van der Waals surface area contributed by atoms with Crippen LogP contribution in [0.4, 0.5) is 0 Å². The van der Waals surface area contributed by atoms with E-state index < -0.39 is 0 Å². The van der Waals surface area contributed by atoms with Gasteiger partial charge in [-0.3, -0.25) is 4.79 Å². The van der Waals surface area contributed by atoms with Gasteiger partial charge in [-0.2, -0.15) is 11.8 Å². The van der Waals surface area contributed by atoms with E-state index in [0.29, 0.717) is 11.7 Å². The zero-order chi connectivity index (χ0) is 9.10. The third-order valence-corrected chi connectivity index (χ3v) is 4.72. The normalized spacial score (nSPS) is 24.6. The lowest BCUT2D eigenvalue weighted by Gasteiger charge is -2.24. The minimum atomic E-state index is 0.453. The molecular formula is C11H18OS. The first kappa shape index (κ1) is 9.57. The van der Waals surface area contributed by atoms with Gasteiger partial charge in [0.15, 0.2) is 0 Å². The van der Waals surface area contributed by atoms with Gasteiger partial charge in [-0.15, -0.1) is 0 Å². The van der Waals surface area contributed by atoms with Gasteiger partial charge in [0.05, 0.1) is 5.75 Å². The fourth-order valence-electron chi connectivity index (χ4n) is 2.10. The summed E-state index contributed by atoms with van der Waals surface area (Å²) in [7, 11) is 0. The summed E-state index contributed by atoms with van der Waals surface area (Å²) in [4.78, 5) is 11.6. The van der Waals surface area contributed by atoms with Crippen molar-refractivity contribution in [3.8, 4) is 0 Å². The Morgan fingerprint density at radius 3 is 2.31 bits per heavy atom. The Bertz CT molecular complexity index is 181. The van der Waals surface area contributed by atoms with Crippen LogP contribution in [0.15, 0.2) is 0 Å². The largest absolute Gasteiger partial charge is 0.298 e. The minimum absolute atomic E-state index is 0.453. The van der Waals surface area contributed by atoms with E-state index in [0.717, 1.165) is 11.0 Å². The second-order valence-corrected chi connectivity index (χ2v) is 5.60. The number of rotatable bonds is 4. The predicted molar refractivity (Wildman–Crippen MR) is 57.1 cm³/mol. The first-order chi connectivity index (χ1) is 6.36. The summed E-state index contributed by atoms with van der Waals surface area (Å²) in [5, 5.41) is 0.809. The van der Waals surface area contributed by atoms with Crippen molar-refractivity contribution in [1.82, 2.24) is 0 Å². The van der Waals surface area contributed by atoms with Crippen molar-refractivity contribution in [2.45, 2.75) is 50.2 Å². The van der Waals surface area contributed by atoms with Gasteiger partial charge in [-0.1, -0.05) is 19.3 Å². The summed E-state index contributed by atoms with van der Waals surface area (Å²) < 4.78 is 0. The minimum Gasteiger partial charge on any atom is -0.298 e. The van der Waals surface area contributed by atoms with Crippen LogP contribution in [0.25, 0.3) is 0 Å². The molecule has 74 valence electrons. The van der Waals surface area contributed by atoms with Gasteiger partial charge in [0.25, 0.3) is 0 Å². The summed E-state index contributed by atoms with van der Waals surface area (Å²) in [6.45, 7) is 0. The van der Waals surface area contributed by atoms with Gasteiger partial charge in [-0.25, -0.2) is 0 Å². The second-order valence-electron chi connectivity index (χ2n) is 4.31. The van der Waals surface area contributed by atoms with Gasteiger partial charge in [-0.05, 0) is 25.7 Å². The van der Waals surface area contributed by atoms with E-state index in [1.807, 2.05) is 11.8 Å². The molecule has 2 aliphatic carbocycles. The lowest BCUT2D eigenvalue weighted by molar-refractivity contribution is -0.122. The van der Waals surface area contributed by atoms with E-state index in [-0.39, 0.29) is 0 Å². The van der Waals surface area contributed by atoms with Gasteiger partial charge >= 0.3 is 0 Å². The number of carbonyl (C=O) groups excluding carboxylic acids is 1. The molecule has 0 radical (unpaired) electrons. The number of thioether (sulfide) groups is 1. The fourth-order valence-corrected chi connectivity index (χ4v) is 3.41. The Labute approximate surface area is 84.7 Å². The molecule has 2 rings (SSSR count). The number of Topliss-reactive ketones (excluding diaryl/α,β-unsaturated/α-hetero) is 1. The molecule has 0 heterocycles. The molecule has 1 nitrogen and oxygen atoms in total. The molecule has 0 unspecified atom stereocenters.